The van der Waals surface area contributed by atoms with Gasteiger partial charge >= 0.3 is 69.3 Å². The van der Waals surface area contributed by atoms with Crippen LogP contribution in [0, 0.1) is 0 Å². The van der Waals surface area contributed by atoms with Crippen molar-refractivity contribution in [1.29, 1.82) is 0 Å². The number of carbonyl (C=O) groups is 8. The molecule has 3 rings (SSSR count). The number of ether oxygens (including phenoxy) is 1. The Hall–Kier alpha value is -4.25. The van der Waals surface area contributed by atoms with E-state index in [2.05, 4.69) is 36.2 Å². The molecule has 0 bridgehead atoms. The standard InChI is InChI=1S/C30H44N11O19PS2.2Li/c31-11(28(53)54)1-3-16(42)36-13(24(50)33-5-18(44)45)8-62-63-9-14(25(51)34-6-19(46)47)37-17(43)4-2-12(29(55)56)40-61(57,58)59-7-15-21(48)22(49)27(60-15)41-10-35-20-23(41)38-30(32)39-26(20)52;;/h10-15,21-22,27,48-49H,1-9,31H2,(H,33,50)(H,34,51)(H,36,42)(H,37,43)(H,44,45)(H,46,47)(H,53,54)(H,55,56)(H2,40,57,58)(H3,32,38,39,52);;/q;2*+1/t11?,12?,13?,14?,15?,21-,22-,27-;;/m0../s1. The normalized spacial score (nSPS) is 19.4. The molecule has 0 radical (unpaired) electrons. The van der Waals surface area contributed by atoms with Crippen LogP contribution in [0.15, 0.2) is 11.1 Å². The Morgan fingerprint density at radius 3 is 1.88 bits per heavy atom. The van der Waals surface area contributed by atoms with Crippen LogP contribution in [0.4, 0.5) is 5.95 Å². The zero-order chi connectivity index (χ0) is 47.2. The maximum absolute atomic E-state index is 12.9. The first-order chi connectivity index (χ1) is 29.5. The summed E-state index contributed by atoms with van der Waals surface area (Å²) >= 11 is 0. The fourth-order valence-electron chi connectivity index (χ4n) is 5.27. The molecule has 4 amide bonds. The molecule has 0 saturated carbocycles. The van der Waals surface area contributed by atoms with E-state index in [1.807, 2.05) is 5.09 Å². The van der Waals surface area contributed by atoms with Gasteiger partial charge in [0, 0.05) is 24.3 Å². The molecule has 1 saturated heterocycles. The molecular formula is C30H44Li2N11O19PS2+2. The molecule has 0 aromatic carbocycles. The van der Waals surface area contributed by atoms with E-state index in [1.165, 1.54) is 0 Å². The zero-order valence-corrected chi connectivity index (χ0v) is 36.9. The van der Waals surface area contributed by atoms with Crippen LogP contribution in [0.1, 0.15) is 31.9 Å². The van der Waals surface area contributed by atoms with E-state index < -0.39 is 148 Å². The molecule has 9 atom stereocenters. The van der Waals surface area contributed by atoms with Gasteiger partial charge in [-0.3, -0.25) is 57.2 Å². The number of nitrogens with one attached hydrogen (secondary N) is 6. The molecule has 0 aliphatic carbocycles. The van der Waals surface area contributed by atoms with E-state index in [0.29, 0.717) is 0 Å². The largest absolute Gasteiger partial charge is 1.00 e. The monoisotopic (exact) mass is 971 g/mol. The maximum Gasteiger partial charge on any atom is 1.00 e. The van der Waals surface area contributed by atoms with Crippen molar-refractivity contribution in [2.24, 2.45) is 5.73 Å². The Morgan fingerprint density at radius 1 is 0.862 bits per heavy atom. The predicted molar refractivity (Wildman–Crippen MR) is 213 cm³/mol. The second-order valence-electron chi connectivity index (χ2n) is 13.2. The Labute approximate surface area is 397 Å². The van der Waals surface area contributed by atoms with Gasteiger partial charge in [-0.2, -0.15) is 4.98 Å². The molecule has 1 aliphatic heterocycles. The molecule has 350 valence electrons. The molecule has 35 heteroatoms. The number of aliphatic carboxylic acids is 4. The summed E-state index contributed by atoms with van der Waals surface area (Å²) in [6, 6.07) is -6.22. The third-order valence-corrected chi connectivity index (χ3v) is 12.0. The van der Waals surface area contributed by atoms with Crippen LogP contribution >= 0.6 is 29.3 Å². The molecule has 2 aromatic rings. The summed E-state index contributed by atoms with van der Waals surface area (Å²) in [7, 11) is -3.42. The summed E-state index contributed by atoms with van der Waals surface area (Å²) in [5.41, 5.74) is 9.94. The van der Waals surface area contributed by atoms with E-state index in [9.17, 15) is 67.9 Å². The number of H-pyrrole nitrogens is 1. The third-order valence-electron chi connectivity index (χ3n) is 8.44. The van der Waals surface area contributed by atoms with E-state index >= 15 is 0 Å². The number of carboxylic acid groups (broad SMARTS) is 4. The number of aliphatic hydroxyl groups excluding tert-OH is 2. The van der Waals surface area contributed by atoms with Crippen LogP contribution in [0.5, 0.6) is 0 Å². The molecule has 1 aliphatic rings. The SMILES string of the molecule is Nc1nc2c(ncn2[C@H]2OC(COP(=O)(O)NC(CCC(=O)NC(CSSCC(NC(=O)CCC(N)C(=O)O)C(=O)NCC(=O)O)C(=O)NCC(=O)O)C(=O)O)[C@H](O)[C@@H]2O)c(=O)[nH]1.[Li+].[Li+]. The van der Waals surface area contributed by atoms with Crippen molar-refractivity contribution < 1.29 is 125 Å². The molecule has 0 spiro atoms. The van der Waals surface area contributed by atoms with Gasteiger partial charge in [-0.25, -0.2) is 14.6 Å². The summed E-state index contributed by atoms with van der Waals surface area (Å²) in [5.74, 6) is -10.6. The minimum Gasteiger partial charge on any atom is -0.480 e. The number of aliphatic hydroxyl groups is 2. The minimum atomic E-state index is -5.09. The van der Waals surface area contributed by atoms with Crippen molar-refractivity contribution in [1.82, 2.24) is 45.9 Å². The van der Waals surface area contributed by atoms with E-state index in [4.69, 9.17) is 36.0 Å². The van der Waals surface area contributed by atoms with Gasteiger partial charge in [0.1, 0.15) is 55.6 Å². The van der Waals surface area contributed by atoms with Crippen molar-refractivity contribution >= 4 is 94.0 Å². The van der Waals surface area contributed by atoms with Gasteiger partial charge in [0.25, 0.3) is 5.56 Å². The van der Waals surface area contributed by atoms with Crippen molar-refractivity contribution in [2.75, 3.05) is 36.9 Å². The molecule has 3 heterocycles. The van der Waals surface area contributed by atoms with Gasteiger partial charge in [-0.05, 0) is 12.8 Å². The number of nitrogens with zero attached hydrogens (tertiary/aromatic N) is 3. The number of anilines is 1. The predicted octanol–water partition coefficient (Wildman–Crippen LogP) is -11.8. The number of nitrogens with two attached hydrogens (primary N) is 2. The first-order valence-electron chi connectivity index (χ1n) is 18.0. The van der Waals surface area contributed by atoms with Gasteiger partial charge in [0.15, 0.2) is 17.4 Å². The minimum absolute atomic E-state index is 0. The second-order valence-corrected chi connectivity index (χ2v) is 17.3. The Balaban J connectivity index is 0.0000106. The molecule has 17 N–H and O–H groups in total. The number of amides is 4. The number of hydrogen-bond donors (Lipinski definition) is 15. The van der Waals surface area contributed by atoms with Crippen LogP contribution in [0.2, 0.25) is 0 Å². The first-order valence-corrected chi connectivity index (χ1v) is 22.1. The van der Waals surface area contributed by atoms with Crippen LogP contribution in [0.25, 0.3) is 11.2 Å². The fraction of sp³-hybridized carbons (Fsp3) is 0.567. The molecular weight excluding hydrogens is 927 g/mol. The van der Waals surface area contributed by atoms with Gasteiger partial charge in [-0.1, -0.05) is 21.6 Å². The molecule has 1 fully saturated rings. The number of rotatable bonds is 27. The van der Waals surface area contributed by atoms with Crippen molar-refractivity contribution in [3.05, 3.63) is 16.7 Å². The fourth-order valence-corrected chi connectivity index (χ4v) is 8.65. The number of aromatic nitrogens is 4. The van der Waals surface area contributed by atoms with Crippen LogP contribution in [-0.2, 0) is 52.2 Å². The van der Waals surface area contributed by atoms with Crippen LogP contribution < -0.4 is 81.1 Å². The van der Waals surface area contributed by atoms with Gasteiger partial charge < -0.3 is 73.0 Å². The molecule has 2 aromatic heterocycles. The summed E-state index contributed by atoms with van der Waals surface area (Å²) in [6.07, 6.45) is -7.48. The van der Waals surface area contributed by atoms with Crippen molar-refractivity contribution in [3.8, 4) is 0 Å². The summed E-state index contributed by atoms with van der Waals surface area (Å²) in [4.78, 5) is 128. The average Bonchev–Trinajstić information content (AvgIpc) is 3.75. The number of hydrogen-bond acceptors (Lipinski definition) is 20. The topological polar surface area (TPSA) is 489 Å². The number of fused-ring (bicyclic) bond motifs is 1. The smallest absolute Gasteiger partial charge is 0.480 e. The quantitative estimate of drug-likeness (QED) is 0.0171. The number of carboxylic acids is 4. The van der Waals surface area contributed by atoms with Crippen molar-refractivity contribution in [3.63, 3.8) is 0 Å². The number of nitrogen functional groups attached to an aromatic ring is 1. The van der Waals surface area contributed by atoms with Crippen molar-refractivity contribution in [2.45, 2.75) is 74.4 Å². The van der Waals surface area contributed by atoms with Gasteiger partial charge in [-0.15, -0.1) is 0 Å². The zero-order valence-electron chi connectivity index (χ0n) is 34.3. The van der Waals surface area contributed by atoms with E-state index in [-0.39, 0.29) is 72.8 Å². The Bertz CT molecular complexity index is 2140. The van der Waals surface area contributed by atoms with E-state index in [1.54, 1.807) is 0 Å². The second kappa shape index (κ2) is 27.4. The summed E-state index contributed by atoms with van der Waals surface area (Å²) in [5, 5.41) is 68.3. The van der Waals surface area contributed by atoms with Crippen LogP contribution in [-0.4, -0.2) is 176 Å². The molecule has 65 heavy (non-hydrogen) atoms. The van der Waals surface area contributed by atoms with Gasteiger partial charge in [0.2, 0.25) is 29.6 Å². The number of aromatic amines is 1. The summed E-state index contributed by atoms with van der Waals surface area (Å²) in [6.45, 7) is -2.60. The molecule has 6 unspecified atom stereocenters. The van der Waals surface area contributed by atoms with Gasteiger partial charge in [0.05, 0.1) is 12.9 Å². The maximum atomic E-state index is 12.9. The van der Waals surface area contributed by atoms with E-state index in [0.717, 1.165) is 32.5 Å². The molecule has 30 nitrogen and oxygen atoms in total. The number of carbonyl (C=O) groups excluding carboxylic acids is 4. The Kier molecular flexibility index (Phi) is 24.8. The number of imidazole rings is 1. The first kappa shape index (κ1) is 58.8. The average molecular weight is 972 g/mol. The summed E-state index contributed by atoms with van der Waals surface area (Å²) < 4.78 is 24.5. The van der Waals surface area contributed by atoms with Crippen LogP contribution in [0.3, 0.4) is 0 Å². The third kappa shape index (κ3) is 18.9. The Morgan fingerprint density at radius 2 is 1.38 bits per heavy atom.